The minimum absolute atomic E-state index is 0.0626. The topological polar surface area (TPSA) is 83.6 Å². The predicted molar refractivity (Wildman–Crippen MR) is 64.4 cm³/mol. The summed E-state index contributed by atoms with van der Waals surface area (Å²) in [7, 11) is 0. The maximum absolute atomic E-state index is 11.7. The average Bonchev–Trinajstić information content (AvgIpc) is 2.11. The molecular formula is C12H22N2O3. The Hall–Kier alpha value is -1.10. The summed E-state index contributed by atoms with van der Waals surface area (Å²) in [4.78, 5) is 24.0. The number of carboxylic acids is 1. The summed E-state index contributed by atoms with van der Waals surface area (Å²) in [6.07, 6.45) is 2.19. The van der Waals surface area contributed by atoms with Crippen molar-refractivity contribution in [2.45, 2.75) is 33.1 Å². The second-order valence-electron chi connectivity index (χ2n) is 5.54. The number of carbonyl (C=O) groups excluding carboxylic acids is 1. The maximum atomic E-state index is 11.7. The monoisotopic (exact) mass is 242 g/mol. The van der Waals surface area contributed by atoms with Crippen molar-refractivity contribution in [3.63, 3.8) is 0 Å². The van der Waals surface area contributed by atoms with Gasteiger partial charge in [-0.05, 0) is 24.8 Å². The van der Waals surface area contributed by atoms with Crippen LogP contribution in [-0.4, -0.2) is 41.5 Å². The van der Waals surface area contributed by atoms with Crippen LogP contribution in [0.25, 0.3) is 0 Å². The molecule has 0 unspecified atom stereocenters. The largest absolute Gasteiger partial charge is 0.481 e. The van der Waals surface area contributed by atoms with Crippen LogP contribution in [0.1, 0.15) is 33.1 Å². The van der Waals surface area contributed by atoms with Crippen LogP contribution in [0.4, 0.5) is 0 Å². The van der Waals surface area contributed by atoms with E-state index < -0.39 is 5.97 Å². The quantitative estimate of drug-likeness (QED) is 0.717. The van der Waals surface area contributed by atoms with Gasteiger partial charge < -0.3 is 15.7 Å². The van der Waals surface area contributed by atoms with Crippen molar-refractivity contribution in [3.05, 3.63) is 0 Å². The molecule has 1 rings (SSSR count). The summed E-state index contributed by atoms with van der Waals surface area (Å²) >= 11 is 0. The fourth-order valence-electron chi connectivity index (χ4n) is 1.96. The van der Waals surface area contributed by atoms with Crippen LogP contribution in [0.5, 0.6) is 0 Å². The zero-order valence-corrected chi connectivity index (χ0v) is 10.6. The molecule has 0 atom stereocenters. The maximum Gasteiger partial charge on any atom is 0.310 e. The first-order chi connectivity index (χ1) is 7.85. The molecule has 0 bridgehead atoms. The van der Waals surface area contributed by atoms with E-state index in [9.17, 15) is 9.59 Å². The van der Waals surface area contributed by atoms with Gasteiger partial charge in [0.05, 0.1) is 5.92 Å². The number of amides is 1. The lowest BCUT2D eigenvalue weighted by atomic mass is 9.84. The van der Waals surface area contributed by atoms with Gasteiger partial charge in [-0.25, -0.2) is 0 Å². The van der Waals surface area contributed by atoms with Crippen molar-refractivity contribution in [1.82, 2.24) is 4.90 Å². The molecule has 1 heterocycles. The summed E-state index contributed by atoms with van der Waals surface area (Å²) in [5.74, 6) is -1.11. The van der Waals surface area contributed by atoms with Crippen LogP contribution in [0.2, 0.25) is 0 Å². The standard InChI is InChI=1S/C12H22N2O3/c1-12(2,5-6-13)4-3-10(15)14-7-9(8-14)11(16)17/h9H,3-8,13H2,1-2H3,(H,16,17). The molecule has 5 heteroatoms. The fraction of sp³-hybridized carbons (Fsp3) is 0.833. The number of nitrogens with zero attached hydrogens (tertiary/aromatic N) is 1. The molecule has 0 aromatic heterocycles. The first-order valence-corrected chi connectivity index (χ1v) is 6.06. The smallest absolute Gasteiger partial charge is 0.310 e. The van der Waals surface area contributed by atoms with Crippen LogP contribution in [0.15, 0.2) is 0 Å². The van der Waals surface area contributed by atoms with Crippen LogP contribution < -0.4 is 5.73 Å². The van der Waals surface area contributed by atoms with E-state index in [0.717, 1.165) is 12.8 Å². The van der Waals surface area contributed by atoms with E-state index in [2.05, 4.69) is 13.8 Å². The van der Waals surface area contributed by atoms with Gasteiger partial charge in [-0.2, -0.15) is 0 Å². The molecule has 0 radical (unpaired) electrons. The van der Waals surface area contributed by atoms with Gasteiger partial charge in [0.1, 0.15) is 0 Å². The lowest BCUT2D eigenvalue weighted by Gasteiger charge is -2.37. The molecular weight excluding hydrogens is 220 g/mol. The molecule has 1 fully saturated rings. The van der Waals surface area contributed by atoms with Gasteiger partial charge in [-0.15, -0.1) is 0 Å². The van der Waals surface area contributed by atoms with E-state index in [-0.39, 0.29) is 17.2 Å². The SMILES string of the molecule is CC(C)(CCN)CCC(=O)N1CC(C(=O)O)C1. The number of rotatable bonds is 6. The van der Waals surface area contributed by atoms with E-state index in [1.807, 2.05) is 0 Å². The predicted octanol–water partition coefficient (Wildman–Crippen LogP) is 0.685. The molecule has 0 aliphatic carbocycles. The van der Waals surface area contributed by atoms with Crippen molar-refractivity contribution in [2.24, 2.45) is 17.1 Å². The van der Waals surface area contributed by atoms with E-state index in [1.165, 1.54) is 0 Å². The molecule has 17 heavy (non-hydrogen) atoms. The molecule has 1 amide bonds. The van der Waals surface area contributed by atoms with Gasteiger partial charge in [0, 0.05) is 19.5 Å². The Labute approximate surface area is 102 Å². The number of carboxylic acid groups (broad SMARTS) is 1. The first-order valence-electron chi connectivity index (χ1n) is 6.06. The van der Waals surface area contributed by atoms with E-state index in [1.54, 1.807) is 4.90 Å². The molecule has 0 aromatic rings. The van der Waals surface area contributed by atoms with Gasteiger partial charge in [-0.3, -0.25) is 9.59 Å². The van der Waals surface area contributed by atoms with Crippen molar-refractivity contribution >= 4 is 11.9 Å². The Balaban J connectivity index is 2.25. The lowest BCUT2D eigenvalue weighted by molar-refractivity contribution is -0.153. The van der Waals surface area contributed by atoms with Gasteiger partial charge >= 0.3 is 5.97 Å². The lowest BCUT2D eigenvalue weighted by Crippen LogP contribution is -2.53. The molecule has 98 valence electrons. The molecule has 0 spiro atoms. The number of nitrogens with two attached hydrogens (primary N) is 1. The van der Waals surface area contributed by atoms with Gasteiger partial charge in [-0.1, -0.05) is 13.8 Å². The third-order valence-corrected chi connectivity index (χ3v) is 3.42. The third-order valence-electron chi connectivity index (χ3n) is 3.42. The Kier molecular flexibility index (Phi) is 4.51. The van der Waals surface area contributed by atoms with Gasteiger partial charge in [0.15, 0.2) is 0 Å². The fourth-order valence-corrected chi connectivity index (χ4v) is 1.96. The highest BCUT2D eigenvalue weighted by atomic mass is 16.4. The minimum atomic E-state index is -0.808. The van der Waals surface area contributed by atoms with E-state index >= 15 is 0 Å². The normalized spacial score (nSPS) is 16.8. The summed E-state index contributed by atoms with van der Waals surface area (Å²) in [5.41, 5.74) is 5.59. The molecule has 0 saturated carbocycles. The zero-order chi connectivity index (χ0) is 13.1. The van der Waals surface area contributed by atoms with Crippen molar-refractivity contribution in [2.75, 3.05) is 19.6 Å². The molecule has 1 aliphatic rings. The summed E-state index contributed by atoms with van der Waals surface area (Å²) < 4.78 is 0. The summed E-state index contributed by atoms with van der Waals surface area (Å²) in [5, 5.41) is 8.71. The van der Waals surface area contributed by atoms with E-state index in [0.29, 0.717) is 26.1 Å². The number of hydrogen-bond acceptors (Lipinski definition) is 3. The minimum Gasteiger partial charge on any atom is -0.481 e. The number of aliphatic carboxylic acids is 1. The molecule has 1 aliphatic heterocycles. The highest BCUT2D eigenvalue weighted by molar-refractivity contribution is 5.80. The van der Waals surface area contributed by atoms with Crippen molar-refractivity contribution in [1.29, 1.82) is 0 Å². The molecule has 3 N–H and O–H groups in total. The zero-order valence-electron chi connectivity index (χ0n) is 10.6. The Morgan fingerprint density at radius 1 is 1.35 bits per heavy atom. The van der Waals surface area contributed by atoms with Crippen LogP contribution >= 0.6 is 0 Å². The average molecular weight is 242 g/mol. The van der Waals surface area contributed by atoms with Crippen molar-refractivity contribution < 1.29 is 14.7 Å². The highest BCUT2D eigenvalue weighted by Gasteiger charge is 2.35. The number of hydrogen-bond donors (Lipinski definition) is 2. The molecule has 1 saturated heterocycles. The third kappa shape index (κ3) is 4.00. The summed E-state index contributed by atoms with van der Waals surface area (Å²) in [6, 6.07) is 0. The second-order valence-corrected chi connectivity index (χ2v) is 5.54. The Bertz CT molecular complexity index is 296. The molecule has 5 nitrogen and oxygen atoms in total. The molecule has 0 aromatic carbocycles. The van der Waals surface area contributed by atoms with Gasteiger partial charge in [0.25, 0.3) is 0 Å². The summed E-state index contributed by atoms with van der Waals surface area (Å²) in [6.45, 7) is 5.57. The van der Waals surface area contributed by atoms with Crippen LogP contribution in [0.3, 0.4) is 0 Å². The van der Waals surface area contributed by atoms with E-state index in [4.69, 9.17) is 10.8 Å². The van der Waals surface area contributed by atoms with Crippen molar-refractivity contribution in [3.8, 4) is 0 Å². The highest BCUT2D eigenvalue weighted by Crippen LogP contribution is 2.27. The van der Waals surface area contributed by atoms with Gasteiger partial charge in [0.2, 0.25) is 5.91 Å². The first kappa shape index (κ1) is 14.0. The van der Waals surface area contributed by atoms with Crippen LogP contribution in [-0.2, 0) is 9.59 Å². The number of carbonyl (C=O) groups is 2. The second kappa shape index (κ2) is 5.49. The van der Waals surface area contributed by atoms with Crippen LogP contribution in [0, 0.1) is 11.3 Å². The Morgan fingerprint density at radius 3 is 2.41 bits per heavy atom. The number of likely N-dealkylation sites (tertiary alicyclic amines) is 1. The Morgan fingerprint density at radius 2 is 1.94 bits per heavy atom.